The molecule has 20 heavy (non-hydrogen) atoms. The van der Waals surface area contributed by atoms with E-state index in [1.54, 1.807) is 0 Å². The molecule has 0 unspecified atom stereocenters. The molecule has 0 bridgehead atoms. The van der Waals surface area contributed by atoms with E-state index in [0.29, 0.717) is 0 Å². The second-order valence-electron chi connectivity index (χ2n) is 5.23. The minimum Gasteiger partial charge on any atom is -0.369 e. The van der Waals surface area contributed by atoms with Gasteiger partial charge in [-0.15, -0.1) is 0 Å². The third-order valence-electron chi connectivity index (χ3n) is 3.55. The maximum Gasteiger partial charge on any atom is 0.161 e. The molecule has 1 aliphatic carbocycles. The van der Waals surface area contributed by atoms with Crippen LogP contribution in [0, 0.1) is 6.92 Å². The molecule has 3 rings (SSSR count). The molecule has 0 atom stereocenters. The van der Waals surface area contributed by atoms with Crippen molar-refractivity contribution in [3.8, 4) is 11.4 Å². The standard InChI is InChI=1S/C16H18BrN3/c1-3-18-16-14(17)10(2)19-15(20-16)13-6-4-5-12(9-13)11-7-8-11/h4-6,9,11H,3,7-8H2,1-2H3,(H,18,19,20). The number of benzene rings is 1. The third kappa shape index (κ3) is 2.70. The van der Waals surface area contributed by atoms with Crippen molar-refractivity contribution in [1.29, 1.82) is 0 Å². The zero-order valence-corrected chi connectivity index (χ0v) is 13.4. The minimum absolute atomic E-state index is 0.750. The van der Waals surface area contributed by atoms with Gasteiger partial charge in [0.25, 0.3) is 0 Å². The maximum atomic E-state index is 4.64. The van der Waals surface area contributed by atoms with Gasteiger partial charge in [-0.05, 0) is 60.2 Å². The van der Waals surface area contributed by atoms with Crippen molar-refractivity contribution in [3.63, 3.8) is 0 Å². The van der Waals surface area contributed by atoms with Gasteiger partial charge in [-0.25, -0.2) is 9.97 Å². The van der Waals surface area contributed by atoms with E-state index < -0.39 is 0 Å². The molecular formula is C16H18BrN3. The normalized spacial score (nSPS) is 14.3. The third-order valence-corrected chi connectivity index (χ3v) is 4.50. The Balaban J connectivity index is 2.02. The van der Waals surface area contributed by atoms with Gasteiger partial charge in [-0.3, -0.25) is 0 Å². The SMILES string of the molecule is CCNc1nc(-c2cccc(C3CC3)c2)nc(C)c1Br. The number of hydrogen-bond acceptors (Lipinski definition) is 3. The van der Waals surface area contributed by atoms with E-state index in [1.165, 1.54) is 18.4 Å². The molecule has 1 aromatic heterocycles. The van der Waals surface area contributed by atoms with Crippen LogP contribution in [0.4, 0.5) is 5.82 Å². The number of rotatable bonds is 4. The molecule has 0 aliphatic heterocycles. The zero-order chi connectivity index (χ0) is 14.1. The summed E-state index contributed by atoms with van der Waals surface area (Å²) in [4.78, 5) is 9.25. The first-order valence-electron chi connectivity index (χ1n) is 7.07. The van der Waals surface area contributed by atoms with Crippen molar-refractivity contribution < 1.29 is 0 Å². The van der Waals surface area contributed by atoms with E-state index in [4.69, 9.17) is 0 Å². The van der Waals surface area contributed by atoms with Gasteiger partial charge in [0.1, 0.15) is 5.82 Å². The van der Waals surface area contributed by atoms with Crippen LogP contribution in [0.25, 0.3) is 11.4 Å². The Morgan fingerprint density at radius 2 is 2.10 bits per heavy atom. The molecule has 3 nitrogen and oxygen atoms in total. The fraction of sp³-hybridized carbons (Fsp3) is 0.375. The molecule has 0 saturated heterocycles. The van der Waals surface area contributed by atoms with Crippen molar-refractivity contribution in [2.24, 2.45) is 0 Å². The molecule has 0 spiro atoms. The Labute approximate surface area is 128 Å². The van der Waals surface area contributed by atoms with Crippen LogP contribution in [0.3, 0.4) is 0 Å². The molecule has 104 valence electrons. The topological polar surface area (TPSA) is 37.8 Å². The Hall–Kier alpha value is -1.42. The highest BCUT2D eigenvalue weighted by atomic mass is 79.9. The van der Waals surface area contributed by atoms with Crippen LogP contribution >= 0.6 is 15.9 Å². The summed E-state index contributed by atoms with van der Waals surface area (Å²) in [6.07, 6.45) is 2.62. The van der Waals surface area contributed by atoms with Gasteiger partial charge in [0.2, 0.25) is 0 Å². The van der Waals surface area contributed by atoms with Crippen LogP contribution in [0.5, 0.6) is 0 Å². The van der Waals surface area contributed by atoms with Gasteiger partial charge in [-0.1, -0.05) is 18.2 Å². The Kier molecular flexibility index (Phi) is 3.74. The van der Waals surface area contributed by atoms with Crippen LogP contribution in [0.15, 0.2) is 28.7 Å². The molecule has 0 radical (unpaired) electrons. The van der Waals surface area contributed by atoms with Crippen molar-refractivity contribution in [1.82, 2.24) is 9.97 Å². The van der Waals surface area contributed by atoms with E-state index in [9.17, 15) is 0 Å². The first kappa shape index (κ1) is 13.6. The van der Waals surface area contributed by atoms with E-state index in [1.807, 2.05) is 6.92 Å². The lowest BCUT2D eigenvalue weighted by molar-refractivity contribution is 1.06. The lowest BCUT2D eigenvalue weighted by Gasteiger charge is -2.10. The highest BCUT2D eigenvalue weighted by Gasteiger charge is 2.23. The summed E-state index contributed by atoms with van der Waals surface area (Å²) in [5.74, 6) is 2.41. The fourth-order valence-electron chi connectivity index (χ4n) is 2.32. The van der Waals surface area contributed by atoms with E-state index in [2.05, 4.69) is 62.4 Å². The Bertz CT molecular complexity index is 636. The van der Waals surface area contributed by atoms with E-state index >= 15 is 0 Å². The monoisotopic (exact) mass is 331 g/mol. The van der Waals surface area contributed by atoms with Crippen molar-refractivity contribution in [2.75, 3.05) is 11.9 Å². The number of hydrogen-bond donors (Lipinski definition) is 1. The lowest BCUT2D eigenvalue weighted by atomic mass is 10.1. The molecule has 1 heterocycles. The summed E-state index contributed by atoms with van der Waals surface area (Å²) in [5, 5.41) is 3.28. The van der Waals surface area contributed by atoms with Gasteiger partial charge >= 0.3 is 0 Å². The van der Waals surface area contributed by atoms with Crippen LogP contribution in [-0.4, -0.2) is 16.5 Å². The number of aromatic nitrogens is 2. The first-order chi connectivity index (χ1) is 9.69. The molecule has 0 amide bonds. The highest BCUT2D eigenvalue weighted by Crippen LogP contribution is 2.41. The van der Waals surface area contributed by atoms with Crippen LogP contribution in [-0.2, 0) is 0 Å². The van der Waals surface area contributed by atoms with Gasteiger partial charge in [0.05, 0.1) is 10.2 Å². The second-order valence-corrected chi connectivity index (χ2v) is 6.02. The predicted molar refractivity (Wildman–Crippen MR) is 86.0 cm³/mol. The average Bonchev–Trinajstić information content (AvgIpc) is 3.28. The minimum atomic E-state index is 0.750. The number of halogens is 1. The second kappa shape index (κ2) is 5.52. The maximum absolute atomic E-state index is 4.64. The van der Waals surface area contributed by atoms with Crippen LogP contribution in [0.1, 0.15) is 36.9 Å². The number of nitrogens with zero attached hydrogens (tertiary/aromatic N) is 2. The van der Waals surface area contributed by atoms with Crippen molar-refractivity contribution in [3.05, 3.63) is 40.0 Å². The van der Waals surface area contributed by atoms with Crippen LogP contribution < -0.4 is 5.32 Å². The molecule has 2 aromatic rings. The highest BCUT2D eigenvalue weighted by molar-refractivity contribution is 9.10. The largest absolute Gasteiger partial charge is 0.369 e. The Morgan fingerprint density at radius 1 is 1.30 bits per heavy atom. The lowest BCUT2D eigenvalue weighted by Crippen LogP contribution is -2.04. The number of aryl methyl sites for hydroxylation is 1. The predicted octanol–water partition coefficient (Wildman–Crippen LogP) is 4.52. The van der Waals surface area contributed by atoms with Gasteiger partial charge in [-0.2, -0.15) is 0 Å². The van der Waals surface area contributed by atoms with Crippen LogP contribution in [0.2, 0.25) is 0 Å². The summed E-state index contributed by atoms with van der Waals surface area (Å²) in [6.45, 7) is 4.91. The molecule has 1 aromatic carbocycles. The van der Waals surface area contributed by atoms with Gasteiger partial charge in [0.15, 0.2) is 5.82 Å². The summed E-state index contributed by atoms with van der Waals surface area (Å²) in [5.41, 5.74) is 3.48. The van der Waals surface area contributed by atoms with Gasteiger partial charge < -0.3 is 5.32 Å². The summed E-state index contributed by atoms with van der Waals surface area (Å²) in [6, 6.07) is 8.63. The fourth-order valence-corrected chi connectivity index (χ4v) is 2.64. The molecular weight excluding hydrogens is 314 g/mol. The molecule has 1 fully saturated rings. The molecule has 4 heteroatoms. The zero-order valence-electron chi connectivity index (χ0n) is 11.8. The smallest absolute Gasteiger partial charge is 0.161 e. The summed E-state index contributed by atoms with van der Waals surface area (Å²) < 4.78 is 0.946. The molecule has 1 aliphatic rings. The van der Waals surface area contributed by atoms with Gasteiger partial charge in [0, 0.05) is 12.1 Å². The first-order valence-corrected chi connectivity index (χ1v) is 7.86. The average molecular weight is 332 g/mol. The summed E-state index contributed by atoms with van der Waals surface area (Å²) in [7, 11) is 0. The molecule has 1 N–H and O–H groups in total. The molecule has 1 saturated carbocycles. The Morgan fingerprint density at radius 3 is 2.80 bits per heavy atom. The quantitative estimate of drug-likeness (QED) is 0.894. The van der Waals surface area contributed by atoms with Crippen molar-refractivity contribution >= 4 is 21.7 Å². The van der Waals surface area contributed by atoms with E-state index in [-0.39, 0.29) is 0 Å². The number of anilines is 1. The van der Waals surface area contributed by atoms with Crippen molar-refractivity contribution in [2.45, 2.75) is 32.6 Å². The summed E-state index contributed by atoms with van der Waals surface area (Å²) >= 11 is 3.55. The van der Waals surface area contributed by atoms with E-state index in [0.717, 1.165) is 39.8 Å². The number of nitrogens with one attached hydrogen (secondary N) is 1.